The Hall–Kier alpha value is -1.60. The van der Waals surface area contributed by atoms with E-state index >= 15 is 0 Å². The van der Waals surface area contributed by atoms with E-state index in [-0.39, 0.29) is 0 Å². The smallest absolute Gasteiger partial charge is 0.0358 e. The quantitative estimate of drug-likeness (QED) is 0.855. The van der Waals surface area contributed by atoms with Crippen LogP contribution in [0.5, 0.6) is 0 Å². The second-order valence-electron chi connectivity index (χ2n) is 4.95. The van der Waals surface area contributed by atoms with Crippen LogP contribution in [-0.2, 0) is 6.42 Å². The first kappa shape index (κ1) is 12.8. The van der Waals surface area contributed by atoms with E-state index in [1.54, 1.807) is 0 Å². The summed E-state index contributed by atoms with van der Waals surface area (Å²) in [5.41, 5.74) is 5.37. The molecule has 0 radical (unpaired) electrons. The van der Waals surface area contributed by atoms with E-state index in [0.717, 1.165) is 6.42 Å². The predicted molar refractivity (Wildman–Crippen MR) is 77.9 cm³/mol. The molecule has 0 saturated carbocycles. The maximum absolute atomic E-state index is 3.41. The Morgan fingerprint density at radius 1 is 0.944 bits per heavy atom. The van der Waals surface area contributed by atoms with Crippen molar-refractivity contribution in [1.29, 1.82) is 0 Å². The zero-order chi connectivity index (χ0) is 13.0. The van der Waals surface area contributed by atoms with Gasteiger partial charge in [0.05, 0.1) is 0 Å². The molecule has 1 heteroatoms. The van der Waals surface area contributed by atoms with E-state index in [2.05, 4.69) is 67.7 Å². The van der Waals surface area contributed by atoms with Crippen molar-refractivity contribution in [2.45, 2.75) is 26.3 Å². The van der Waals surface area contributed by atoms with Crippen LogP contribution in [-0.4, -0.2) is 7.05 Å². The van der Waals surface area contributed by atoms with Crippen LogP contribution in [0.25, 0.3) is 0 Å². The lowest BCUT2D eigenvalue weighted by Crippen LogP contribution is -2.18. The number of benzene rings is 2. The van der Waals surface area contributed by atoms with Crippen LogP contribution in [0.2, 0.25) is 0 Å². The number of nitrogens with one attached hydrogen (secondary N) is 1. The van der Waals surface area contributed by atoms with Crippen molar-refractivity contribution >= 4 is 0 Å². The summed E-state index contributed by atoms with van der Waals surface area (Å²) < 4.78 is 0. The molecule has 1 unspecified atom stereocenters. The molecule has 1 N–H and O–H groups in total. The van der Waals surface area contributed by atoms with Crippen LogP contribution in [0.15, 0.2) is 48.5 Å². The van der Waals surface area contributed by atoms with Crippen LogP contribution in [0.1, 0.15) is 28.3 Å². The first-order chi connectivity index (χ1) is 8.69. The Bertz CT molecular complexity index is 499. The van der Waals surface area contributed by atoms with Gasteiger partial charge in [0.15, 0.2) is 0 Å². The SMILES string of the molecule is CNC(Cc1ccc(C)cc1)c1cccc(C)c1. The average molecular weight is 239 g/mol. The summed E-state index contributed by atoms with van der Waals surface area (Å²) in [6.45, 7) is 4.27. The summed E-state index contributed by atoms with van der Waals surface area (Å²) in [4.78, 5) is 0. The summed E-state index contributed by atoms with van der Waals surface area (Å²) in [7, 11) is 2.03. The molecule has 0 aromatic heterocycles. The number of hydrogen-bond acceptors (Lipinski definition) is 1. The van der Waals surface area contributed by atoms with Gasteiger partial charge in [0.1, 0.15) is 0 Å². The molecular formula is C17H21N. The summed E-state index contributed by atoms with van der Waals surface area (Å²) in [5, 5.41) is 3.41. The second-order valence-corrected chi connectivity index (χ2v) is 4.95. The van der Waals surface area contributed by atoms with Crippen molar-refractivity contribution in [3.8, 4) is 0 Å². The van der Waals surface area contributed by atoms with Crippen molar-refractivity contribution < 1.29 is 0 Å². The Morgan fingerprint density at radius 2 is 1.67 bits per heavy atom. The number of rotatable bonds is 4. The first-order valence-corrected chi connectivity index (χ1v) is 6.48. The van der Waals surface area contributed by atoms with E-state index in [1.165, 1.54) is 22.3 Å². The fraction of sp³-hybridized carbons (Fsp3) is 0.294. The van der Waals surface area contributed by atoms with Crippen molar-refractivity contribution in [2.75, 3.05) is 7.05 Å². The number of likely N-dealkylation sites (N-methyl/N-ethyl adjacent to an activating group) is 1. The zero-order valence-corrected chi connectivity index (χ0v) is 11.4. The summed E-state index contributed by atoms with van der Waals surface area (Å²) >= 11 is 0. The van der Waals surface area contributed by atoms with Crippen molar-refractivity contribution in [2.24, 2.45) is 0 Å². The molecule has 0 saturated heterocycles. The summed E-state index contributed by atoms with van der Waals surface area (Å²) in [6, 6.07) is 17.9. The Kier molecular flexibility index (Phi) is 4.16. The van der Waals surface area contributed by atoms with E-state index in [0.29, 0.717) is 6.04 Å². The van der Waals surface area contributed by atoms with Crippen LogP contribution >= 0.6 is 0 Å². The Labute approximate surface area is 110 Å². The van der Waals surface area contributed by atoms with Gasteiger partial charge in [-0.05, 0) is 38.4 Å². The van der Waals surface area contributed by atoms with E-state index in [9.17, 15) is 0 Å². The Balaban J connectivity index is 2.17. The van der Waals surface area contributed by atoms with Gasteiger partial charge in [0.2, 0.25) is 0 Å². The molecule has 0 bridgehead atoms. The molecule has 1 nitrogen and oxygen atoms in total. The molecule has 0 amide bonds. The molecule has 0 fully saturated rings. The van der Waals surface area contributed by atoms with Crippen molar-refractivity contribution in [3.63, 3.8) is 0 Å². The summed E-state index contributed by atoms with van der Waals surface area (Å²) in [6.07, 6.45) is 1.03. The van der Waals surface area contributed by atoms with Crippen LogP contribution in [0.3, 0.4) is 0 Å². The van der Waals surface area contributed by atoms with Gasteiger partial charge in [-0.2, -0.15) is 0 Å². The highest BCUT2D eigenvalue weighted by molar-refractivity contribution is 5.28. The number of aryl methyl sites for hydroxylation is 2. The van der Waals surface area contributed by atoms with Gasteiger partial charge in [-0.3, -0.25) is 0 Å². The van der Waals surface area contributed by atoms with Gasteiger partial charge in [0, 0.05) is 6.04 Å². The molecule has 0 heterocycles. The molecule has 0 spiro atoms. The lowest BCUT2D eigenvalue weighted by atomic mass is 9.97. The molecule has 1 atom stereocenters. The fourth-order valence-electron chi connectivity index (χ4n) is 2.23. The lowest BCUT2D eigenvalue weighted by Gasteiger charge is -2.17. The molecule has 2 aromatic carbocycles. The maximum atomic E-state index is 3.41. The van der Waals surface area contributed by atoms with Gasteiger partial charge < -0.3 is 5.32 Å². The maximum Gasteiger partial charge on any atom is 0.0358 e. The van der Waals surface area contributed by atoms with Crippen molar-refractivity contribution in [3.05, 3.63) is 70.8 Å². The Morgan fingerprint density at radius 3 is 2.28 bits per heavy atom. The molecule has 18 heavy (non-hydrogen) atoms. The minimum atomic E-state index is 0.382. The largest absolute Gasteiger partial charge is 0.313 e. The standard InChI is InChI=1S/C17H21N/c1-13-7-9-15(10-8-13)12-17(18-3)16-6-4-5-14(2)11-16/h4-11,17-18H,12H2,1-3H3. The van der Waals surface area contributed by atoms with Gasteiger partial charge in [0.25, 0.3) is 0 Å². The van der Waals surface area contributed by atoms with E-state index < -0.39 is 0 Å². The molecule has 0 aliphatic heterocycles. The highest BCUT2D eigenvalue weighted by Gasteiger charge is 2.09. The topological polar surface area (TPSA) is 12.0 Å². The van der Waals surface area contributed by atoms with E-state index in [4.69, 9.17) is 0 Å². The zero-order valence-electron chi connectivity index (χ0n) is 11.4. The molecule has 2 aromatic rings. The third kappa shape index (κ3) is 3.21. The molecule has 2 rings (SSSR count). The molecule has 0 aliphatic rings. The third-order valence-corrected chi connectivity index (χ3v) is 3.35. The number of hydrogen-bond donors (Lipinski definition) is 1. The van der Waals surface area contributed by atoms with Gasteiger partial charge in [-0.1, -0.05) is 59.7 Å². The fourth-order valence-corrected chi connectivity index (χ4v) is 2.23. The third-order valence-electron chi connectivity index (χ3n) is 3.35. The second kappa shape index (κ2) is 5.83. The molecule has 94 valence electrons. The molecule has 0 aliphatic carbocycles. The normalized spacial score (nSPS) is 12.4. The van der Waals surface area contributed by atoms with Crippen molar-refractivity contribution in [1.82, 2.24) is 5.32 Å². The van der Waals surface area contributed by atoms with Crippen LogP contribution in [0, 0.1) is 13.8 Å². The molecular weight excluding hydrogens is 218 g/mol. The minimum Gasteiger partial charge on any atom is -0.313 e. The highest BCUT2D eigenvalue weighted by atomic mass is 14.9. The minimum absolute atomic E-state index is 0.382. The van der Waals surface area contributed by atoms with Gasteiger partial charge >= 0.3 is 0 Å². The average Bonchev–Trinajstić information content (AvgIpc) is 2.38. The van der Waals surface area contributed by atoms with Crippen LogP contribution < -0.4 is 5.32 Å². The van der Waals surface area contributed by atoms with Gasteiger partial charge in [-0.25, -0.2) is 0 Å². The van der Waals surface area contributed by atoms with Crippen LogP contribution in [0.4, 0.5) is 0 Å². The highest BCUT2D eigenvalue weighted by Crippen LogP contribution is 2.19. The first-order valence-electron chi connectivity index (χ1n) is 6.48. The summed E-state index contributed by atoms with van der Waals surface area (Å²) in [5.74, 6) is 0. The lowest BCUT2D eigenvalue weighted by molar-refractivity contribution is 0.591. The van der Waals surface area contributed by atoms with E-state index in [1.807, 2.05) is 7.05 Å². The monoisotopic (exact) mass is 239 g/mol. The van der Waals surface area contributed by atoms with Gasteiger partial charge in [-0.15, -0.1) is 0 Å². The predicted octanol–water partition coefficient (Wildman–Crippen LogP) is 3.81.